The van der Waals surface area contributed by atoms with Gasteiger partial charge >= 0.3 is 6.03 Å². The standard InChI is InChI=1S/C27H23FN4O4/c1-16-23(26-30-25(31-36-26)18-9-11-19(28)12-10-18)24(17-7-5-4-6-8-17)29-27(33)32(16)20-13-14-21(34-2)22(15-20)35-3/h4-15,24H,1-3H3,(H,29,33). The van der Waals surface area contributed by atoms with E-state index in [0.717, 1.165) is 5.56 Å². The molecule has 1 N–H and O–H groups in total. The molecular weight excluding hydrogens is 463 g/mol. The Morgan fingerprint density at radius 3 is 2.39 bits per heavy atom. The molecule has 0 aliphatic carbocycles. The van der Waals surface area contributed by atoms with E-state index in [1.165, 1.54) is 24.1 Å². The fraction of sp³-hybridized carbons (Fsp3) is 0.148. The minimum absolute atomic E-state index is 0.242. The number of amides is 2. The van der Waals surface area contributed by atoms with Crippen LogP contribution >= 0.6 is 0 Å². The van der Waals surface area contributed by atoms with E-state index in [-0.39, 0.29) is 17.7 Å². The van der Waals surface area contributed by atoms with Crippen LogP contribution in [-0.2, 0) is 0 Å². The topological polar surface area (TPSA) is 89.7 Å². The van der Waals surface area contributed by atoms with Gasteiger partial charge in [0.25, 0.3) is 5.89 Å². The first-order valence-corrected chi connectivity index (χ1v) is 11.2. The van der Waals surface area contributed by atoms with Crippen molar-refractivity contribution in [1.29, 1.82) is 0 Å². The van der Waals surface area contributed by atoms with Gasteiger partial charge in [-0.3, -0.25) is 4.90 Å². The largest absolute Gasteiger partial charge is 0.493 e. The van der Waals surface area contributed by atoms with E-state index in [1.807, 2.05) is 37.3 Å². The summed E-state index contributed by atoms with van der Waals surface area (Å²) < 4.78 is 29.8. The van der Waals surface area contributed by atoms with Crippen molar-refractivity contribution in [2.45, 2.75) is 13.0 Å². The van der Waals surface area contributed by atoms with Gasteiger partial charge in [-0.25, -0.2) is 9.18 Å². The Morgan fingerprint density at radius 2 is 1.69 bits per heavy atom. The van der Waals surface area contributed by atoms with Crippen LogP contribution in [0.4, 0.5) is 14.9 Å². The zero-order valence-corrected chi connectivity index (χ0v) is 19.9. The van der Waals surface area contributed by atoms with Crippen LogP contribution < -0.4 is 19.7 Å². The zero-order valence-electron chi connectivity index (χ0n) is 19.9. The number of urea groups is 1. The summed E-state index contributed by atoms with van der Waals surface area (Å²) in [6.07, 6.45) is 0. The van der Waals surface area contributed by atoms with Crippen LogP contribution in [0.2, 0.25) is 0 Å². The summed E-state index contributed by atoms with van der Waals surface area (Å²) in [5.74, 6) is 1.23. The molecular formula is C27H23FN4O4. The minimum Gasteiger partial charge on any atom is -0.493 e. The third-order valence-corrected chi connectivity index (χ3v) is 6.00. The Labute approximate surface area is 207 Å². The maximum Gasteiger partial charge on any atom is 0.327 e. The molecule has 182 valence electrons. The van der Waals surface area contributed by atoms with Crippen LogP contribution in [0.5, 0.6) is 11.5 Å². The molecule has 0 saturated heterocycles. The molecule has 36 heavy (non-hydrogen) atoms. The Hall–Kier alpha value is -4.66. The van der Waals surface area contributed by atoms with E-state index < -0.39 is 6.04 Å². The number of halogens is 1. The van der Waals surface area contributed by atoms with Crippen molar-refractivity contribution in [3.63, 3.8) is 0 Å². The number of benzene rings is 3. The number of hydrogen-bond donors (Lipinski definition) is 1. The molecule has 0 radical (unpaired) electrons. The highest BCUT2D eigenvalue weighted by Gasteiger charge is 2.36. The predicted octanol–water partition coefficient (Wildman–Crippen LogP) is 5.60. The molecule has 0 bridgehead atoms. The molecule has 9 heteroatoms. The molecule has 5 rings (SSSR count). The van der Waals surface area contributed by atoms with E-state index >= 15 is 0 Å². The van der Waals surface area contributed by atoms with Gasteiger partial charge in [0.05, 0.1) is 31.5 Å². The van der Waals surface area contributed by atoms with Crippen molar-refractivity contribution >= 4 is 17.3 Å². The van der Waals surface area contributed by atoms with Crippen molar-refractivity contribution in [2.24, 2.45) is 0 Å². The van der Waals surface area contributed by atoms with Gasteiger partial charge in [0.2, 0.25) is 5.82 Å². The number of allylic oxidation sites excluding steroid dienone is 1. The highest BCUT2D eigenvalue weighted by Crippen LogP contribution is 2.41. The Bertz CT molecular complexity index is 1430. The molecule has 1 aliphatic heterocycles. The third-order valence-electron chi connectivity index (χ3n) is 6.00. The van der Waals surface area contributed by atoms with Gasteiger partial charge in [0.15, 0.2) is 11.5 Å². The number of nitrogens with one attached hydrogen (secondary N) is 1. The number of rotatable bonds is 6. The van der Waals surface area contributed by atoms with Crippen LogP contribution in [0.3, 0.4) is 0 Å². The lowest BCUT2D eigenvalue weighted by Crippen LogP contribution is -2.46. The fourth-order valence-corrected chi connectivity index (χ4v) is 4.24. The maximum absolute atomic E-state index is 13.4. The predicted molar refractivity (Wildman–Crippen MR) is 132 cm³/mol. The molecule has 2 heterocycles. The molecule has 1 atom stereocenters. The molecule has 3 aromatic carbocycles. The summed E-state index contributed by atoms with van der Waals surface area (Å²) in [7, 11) is 3.08. The summed E-state index contributed by atoms with van der Waals surface area (Å²) in [6.45, 7) is 1.82. The fourth-order valence-electron chi connectivity index (χ4n) is 4.24. The summed E-state index contributed by atoms with van der Waals surface area (Å²) >= 11 is 0. The molecule has 1 aromatic heterocycles. The van der Waals surface area contributed by atoms with Crippen molar-refractivity contribution in [3.05, 3.63) is 95.8 Å². The molecule has 1 aliphatic rings. The summed E-state index contributed by atoms with van der Waals surface area (Å²) in [5.41, 5.74) is 3.28. The number of ether oxygens (including phenoxy) is 2. The average molecular weight is 487 g/mol. The first-order chi connectivity index (χ1) is 17.5. The second kappa shape index (κ2) is 9.53. The van der Waals surface area contributed by atoms with Crippen LogP contribution in [0.15, 0.2) is 83.0 Å². The molecule has 2 amide bonds. The van der Waals surface area contributed by atoms with Crippen LogP contribution in [-0.4, -0.2) is 30.4 Å². The van der Waals surface area contributed by atoms with E-state index in [9.17, 15) is 9.18 Å². The molecule has 0 fully saturated rings. The van der Waals surface area contributed by atoms with Gasteiger partial charge in [-0.1, -0.05) is 35.5 Å². The second-order valence-electron chi connectivity index (χ2n) is 8.10. The monoisotopic (exact) mass is 486 g/mol. The number of methoxy groups -OCH3 is 2. The highest BCUT2D eigenvalue weighted by atomic mass is 19.1. The summed E-state index contributed by atoms with van der Waals surface area (Å²) in [5, 5.41) is 7.17. The number of aromatic nitrogens is 2. The number of carbonyl (C=O) groups excluding carboxylic acids is 1. The quantitative estimate of drug-likeness (QED) is 0.382. The van der Waals surface area contributed by atoms with Gasteiger partial charge in [-0.15, -0.1) is 0 Å². The molecule has 0 spiro atoms. The Morgan fingerprint density at radius 1 is 0.972 bits per heavy atom. The second-order valence-corrected chi connectivity index (χ2v) is 8.10. The number of carbonyl (C=O) groups is 1. The number of hydrogen-bond acceptors (Lipinski definition) is 6. The lowest BCUT2D eigenvalue weighted by Gasteiger charge is -2.35. The van der Waals surface area contributed by atoms with E-state index in [2.05, 4.69) is 15.5 Å². The van der Waals surface area contributed by atoms with Gasteiger partial charge in [0.1, 0.15) is 5.82 Å². The van der Waals surface area contributed by atoms with Crippen LogP contribution in [0.1, 0.15) is 24.4 Å². The van der Waals surface area contributed by atoms with Gasteiger partial charge in [-0.05, 0) is 48.9 Å². The zero-order chi connectivity index (χ0) is 25.2. The number of anilines is 1. The SMILES string of the molecule is COc1ccc(N2C(=O)NC(c3ccccc3)C(c3nc(-c4ccc(F)cc4)no3)=C2C)cc1OC. The summed E-state index contributed by atoms with van der Waals surface area (Å²) in [6, 6.07) is 19.7. The summed E-state index contributed by atoms with van der Waals surface area (Å²) in [4.78, 5) is 19.5. The van der Waals surface area contributed by atoms with Crippen molar-refractivity contribution in [3.8, 4) is 22.9 Å². The lowest BCUT2D eigenvalue weighted by molar-refractivity contribution is 0.244. The van der Waals surface area contributed by atoms with Gasteiger partial charge in [0, 0.05) is 17.3 Å². The van der Waals surface area contributed by atoms with Gasteiger partial charge < -0.3 is 19.3 Å². The highest BCUT2D eigenvalue weighted by molar-refractivity contribution is 6.01. The van der Waals surface area contributed by atoms with E-state index in [1.54, 1.807) is 37.4 Å². The average Bonchev–Trinajstić information content (AvgIpc) is 3.39. The lowest BCUT2D eigenvalue weighted by atomic mass is 9.94. The Balaban J connectivity index is 1.65. The van der Waals surface area contributed by atoms with Crippen molar-refractivity contribution < 1.29 is 23.2 Å². The van der Waals surface area contributed by atoms with Crippen LogP contribution in [0, 0.1) is 5.82 Å². The third kappa shape index (κ3) is 4.15. The first kappa shape index (κ1) is 23.1. The molecule has 0 saturated carbocycles. The van der Waals surface area contributed by atoms with Crippen molar-refractivity contribution in [1.82, 2.24) is 15.5 Å². The smallest absolute Gasteiger partial charge is 0.327 e. The Kier molecular flexibility index (Phi) is 6.12. The first-order valence-electron chi connectivity index (χ1n) is 11.2. The molecule has 8 nitrogen and oxygen atoms in total. The van der Waals surface area contributed by atoms with E-state index in [0.29, 0.717) is 39.8 Å². The van der Waals surface area contributed by atoms with Crippen LogP contribution in [0.25, 0.3) is 17.0 Å². The van der Waals surface area contributed by atoms with Crippen molar-refractivity contribution in [2.75, 3.05) is 19.1 Å². The van der Waals surface area contributed by atoms with Gasteiger partial charge in [-0.2, -0.15) is 4.98 Å². The minimum atomic E-state index is -0.531. The molecule has 4 aromatic rings. The normalized spacial score (nSPS) is 15.6. The number of nitrogens with zero attached hydrogens (tertiary/aromatic N) is 3. The maximum atomic E-state index is 13.4. The molecule has 1 unspecified atom stereocenters. The van der Waals surface area contributed by atoms with E-state index in [4.69, 9.17) is 14.0 Å².